The van der Waals surface area contributed by atoms with Gasteiger partial charge in [0.05, 0.1) is 0 Å². The van der Waals surface area contributed by atoms with Gasteiger partial charge in [-0.15, -0.1) is 0 Å². The Morgan fingerprint density at radius 2 is 1.73 bits per heavy atom. The molecule has 4 heteroatoms. The minimum Gasteiger partial charge on any atom is -0.309 e. The van der Waals surface area contributed by atoms with E-state index in [1.54, 1.807) is 0 Å². The Hall–Kier alpha value is -1.26. The second-order valence-corrected chi connectivity index (χ2v) is 6.39. The molecule has 0 unspecified atom stereocenters. The Kier molecular flexibility index (Phi) is 9.67. The molecule has 1 rings (SSSR count). The van der Waals surface area contributed by atoms with Gasteiger partial charge in [0, 0.05) is 24.7 Å². The van der Waals surface area contributed by atoms with Gasteiger partial charge in [0.2, 0.25) is 0 Å². The monoisotopic (exact) mass is 304 g/mol. The van der Waals surface area contributed by atoms with Crippen molar-refractivity contribution in [3.8, 4) is 0 Å². The predicted octanol–water partition coefficient (Wildman–Crippen LogP) is 2.73. The number of nitrogens with zero attached hydrogens (tertiary/aromatic N) is 4. The number of aliphatic imine (C=N–C) groups is 1. The minimum atomic E-state index is 0.889. The molecule has 22 heavy (non-hydrogen) atoms. The topological polar surface area (TPSA) is 31.7 Å². The smallest absolute Gasteiger partial charge is 0.0410 e. The quantitative estimate of drug-likeness (QED) is 0.465. The van der Waals surface area contributed by atoms with Crippen molar-refractivity contribution < 1.29 is 0 Å². The van der Waals surface area contributed by atoms with Gasteiger partial charge in [0.15, 0.2) is 0 Å². The summed E-state index contributed by atoms with van der Waals surface area (Å²) in [6, 6.07) is 4.20. The van der Waals surface area contributed by atoms with Crippen LogP contribution in [-0.4, -0.2) is 68.8 Å². The Balaban J connectivity index is 2.28. The van der Waals surface area contributed by atoms with Crippen LogP contribution in [0.4, 0.5) is 0 Å². The van der Waals surface area contributed by atoms with E-state index < -0.39 is 0 Å². The van der Waals surface area contributed by atoms with Crippen LogP contribution in [0.3, 0.4) is 0 Å². The molecular formula is C18H32N4. The van der Waals surface area contributed by atoms with Crippen LogP contribution in [0.25, 0.3) is 0 Å². The first-order valence-corrected chi connectivity index (χ1v) is 8.32. The molecule has 0 saturated heterocycles. The largest absolute Gasteiger partial charge is 0.309 e. The molecule has 0 aromatic carbocycles. The molecule has 1 aromatic rings. The lowest BCUT2D eigenvalue weighted by Crippen LogP contribution is -2.13. The lowest BCUT2D eigenvalue weighted by molar-refractivity contribution is 0.391. The SMILES string of the molecule is CN(C)CCCCCc1cc(C=NCCCN(C)C)ccn1. The van der Waals surface area contributed by atoms with Crippen molar-refractivity contribution in [2.24, 2.45) is 4.99 Å². The van der Waals surface area contributed by atoms with Gasteiger partial charge in [0.25, 0.3) is 0 Å². The van der Waals surface area contributed by atoms with Gasteiger partial charge in [-0.2, -0.15) is 0 Å². The maximum absolute atomic E-state index is 4.50. The number of hydrogen-bond donors (Lipinski definition) is 0. The molecule has 0 aliphatic carbocycles. The molecule has 0 fully saturated rings. The summed E-state index contributed by atoms with van der Waals surface area (Å²) in [7, 11) is 8.45. The molecule has 0 bridgehead atoms. The summed E-state index contributed by atoms with van der Waals surface area (Å²) in [6.45, 7) is 3.15. The van der Waals surface area contributed by atoms with Crippen LogP contribution >= 0.6 is 0 Å². The van der Waals surface area contributed by atoms with Gasteiger partial charge < -0.3 is 9.80 Å². The number of aromatic nitrogens is 1. The van der Waals surface area contributed by atoms with E-state index in [-0.39, 0.29) is 0 Å². The summed E-state index contributed by atoms with van der Waals surface area (Å²) in [6.07, 6.45) is 9.79. The van der Waals surface area contributed by atoms with Crippen LogP contribution in [0.15, 0.2) is 23.3 Å². The first-order chi connectivity index (χ1) is 10.6. The minimum absolute atomic E-state index is 0.889. The third-order valence-electron chi connectivity index (χ3n) is 3.51. The van der Waals surface area contributed by atoms with Crippen molar-refractivity contribution in [1.82, 2.24) is 14.8 Å². The van der Waals surface area contributed by atoms with Crippen molar-refractivity contribution in [3.05, 3.63) is 29.6 Å². The standard InChI is InChI=1S/C18H32N4/c1-21(2)13-7-5-6-9-18-15-17(10-12-20-18)16-19-11-8-14-22(3)4/h10,12,15-16H,5-9,11,13-14H2,1-4H3. The van der Waals surface area contributed by atoms with Gasteiger partial charge >= 0.3 is 0 Å². The third-order valence-corrected chi connectivity index (χ3v) is 3.51. The molecule has 0 radical (unpaired) electrons. The van der Waals surface area contributed by atoms with Gasteiger partial charge in [-0.1, -0.05) is 6.42 Å². The summed E-state index contributed by atoms with van der Waals surface area (Å²) in [5.74, 6) is 0. The second-order valence-electron chi connectivity index (χ2n) is 6.39. The summed E-state index contributed by atoms with van der Waals surface area (Å²) in [5.41, 5.74) is 2.35. The fourth-order valence-corrected chi connectivity index (χ4v) is 2.27. The van der Waals surface area contributed by atoms with Gasteiger partial charge in [-0.3, -0.25) is 9.98 Å². The van der Waals surface area contributed by atoms with Crippen molar-refractivity contribution in [2.45, 2.75) is 32.1 Å². The second kappa shape index (κ2) is 11.3. The number of rotatable bonds is 11. The highest BCUT2D eigenvalue weighted by Gasteiger charge is 1.98. The van der Waals surface area contributed by atoms with E-state index in [4.69, 9.17) is 0 Å². The molecule has 0 spiro atoms. The fraction of sp³-hybridized carbons (Fsp3) is 0.667. The number of hydrogen-bond acceptors (Lipinski definition) is 4. The molecule has 4 nitrogen and oxygen atoms in total. The molecule has 0 atom stereocenters. The van der Waals surface area contributed by atoms with Crippen LogP contribution in [0, 0.1) is 0 Å². The van der Waals surface area contributed by atoms with Crippen LogP contribution < -0.4 is 0 Å². The van der Waals surface area contributed by atoms with E-state index in [9.17, 15) is 0 Å². The zero-order valence-corrected chi connectivity index (χ0v) is 14.8. The van der Waals surface area contributed by atoms with Crippen LogP contribution in [-0.2, 0) is 6.42 Å². The molecule has 1 heterocycles. The molecule has 0 N–H and O–H groups in total. The van der Waals surface area contributed by atoms with E-state index in [0.717, 1.165) is 25.9 Å². The molecule has 0 aliphatic rings. The van der Waals surface area contributed by atoms with Gasteiger partial charge in [0.1, 0.15) is 0 Å². The molecule has 0 aliphatic heterocycles. The lowest BCUT2D eigenvalue weighted by Gasteiger charge is -2.08. The van der Waals surface area contributed by atoms with E-state index in [0.29, 0.717) is 0 Å². The highest BCUT2D eigenvalue weighted by atomic mass is 15.1. The Morgan fingerprint density at radius 1 is 1.00 bits per heavy atom. The number of aryl methyl sites for hydroxylation is 1. The average Bonchev–Trinajstić information content (AvgIpc) is 2.46. The lowest BCUT2D eigenvalue weighted by atomic mass is 10.1. The fourth-order valence-electron chi connectivity index (χ4n) is 2.27. The van der Waals surface area contributed by atoms with Crippen molar-refractivity contribution >= 4 is 6.21 Å². The summed E-state index contributed by atoms with van der Waals surface area (Å²) >= 11 is 0. The van der Waals surface area contributed by atoms with Crippen LogP contribution in [0.1, 0.15) is 36.9 Å². The van der Waals surface area contributed by atoms with E-state index in [1.165, 1.54) is 37.1 Å². The summed E-state index contributed by atoms with van der Waals surface area (Å²) < 4.78 is 0. The van der Waals surface area contributed by atoms with Gasteiger partial charge in [-0.25, -0.2) is 0 Å². The molecule has 0 saturated carbocycles. The number of pyridine rings is 1. The first kappa shape index (κ1) is 18.8. The van der Waals surface area contributed by atoms with E-state index in [1.807, 2.05) is 18.5 Å². The van der Waals surface area contributed by atoms with Crippen molar-refractivity contribution in [1.29, 1.82) is 0 Å². The van der Waals surface area contributed by atoms with Gasteiger partial charge in [-0.05, 0) is 84.7 Å². The number of unbranched alkanes of at least 4 members (excludes halogenated alkanes) is 2. The Labute approximate surface area is 136 Å². The molecule has 124 valence electrons. The average molecular weight is 304 g/mol. The maximum Gasteiger partial charge on any atom is 0.0410 e. The van der Waals surface area contributed by atoms with Crippen molar-refractivity contribution in [3.63, 3.8) is 0 Å². The van der Waals surface area contributed by atoms with E-state index in [2.05, 4.69) is 54.0 Å². The molecular weight excluding hydrogens is 272 g/mol. The van der Waals surface area contributed by atoms with E-state index >= 15 is 0 Å². The highest BCUT2D eigenvalue weighted by molar-refractivity contribution is 5.79. The molecule has 1 aromatic heterocycles. The van der Waals surface area contributed by atoms with Crippen molar-refractivity contribution in [2.75, 3.05) is 47.8 Å². The zero-order valence-electron chi connectivity index (χ0n) is 14.8. The summed E-state index contributed by atoms with van der Waals surface area (Å²) in [5, 5.41) is 0. The zero-order chi connectivity index (χ0) is 16.2. The highest BCUT2D eigenvalue weighted by Crippen LogP contribution is 2.06. The summed E-state index contributed by atoms with van der Waals surface area (Å²) in [4.78, 5) is 13.4. The molecule has 0 amide bonds. The predicted molar refractivity (Wildman–Crippen MR) is 96.0 cm³/mol. The first-order valence-electron chi connectivity index (χ1n) is 8.32. The Bertz CT molecular complexity index is 427. The van der Waals surface area contributed by atoms with Crippen LogP contribution in [0.2, 0.25) is 0 Å². The Morgan fingerprint density at radius 3 is 2.45 bits per heavy atom. The normalized spacial score (nSPS) is 11.9. The third kappa shape index (κ3) is 9.64. The van der Waals surface area contributed by atoms with Crippen LogP contribution in [0.5, 0.6) is 0 Å². The maximum atomic E-state index is 4.50.